The standard InChI is InChI=1S/C33H44N2O2/c1-4-6-8-9-10-11-12-13-15-27-16-18-28(19-17-27)30-24-34-32(35-25-30)29-20-22-31(23-21-29)37-33(36)26(3)14-7-5-2/h16-26H,4-15H2,1-3H3. The van der Waals surface area contributed by atoms with Crippen molar-refractivity contribution < 1.29 is 9.53 Å². The van der Waals surface area contributed by atoms with Crippen LogP contribution in [0.25, 0.3) is 22.5 Å². The van der Waals surface area contributed by atoms with Gasteiger partial charge in [0.2, 0.25) is 0 Å². The monoisotopic (exact) mass is 500 g/mol. The average molecular weight is 501 g/mol. The topological polar surface area (TPSA) is 52.1 Å². The van der Waals surface area contributed by atoms with E-state index in [2.05, 4.69) is 48.1 Å². The summed E-state index contributed by atoms with van der Waals surface area (Å²) in [6.45, 7) is 6.32. The van der Waals surface area contributed by atoms with E-state index in [-0.39, 0.29) is 11.9 Å². The molecule has 0 saturated heterocycles. The number of unbranched alkanes of at least 4 members (excludes halogenated alkanes) is 8. The molecule has 0 aliphatic heterocycles. The molecule has 0 fully saturated rings. The van der Waals surface area contributed by atoms with E-state index < -0.39 is 0 Å². The first kappa shape index (κ1) is 28.6. The van der Waals surface area contributed by atoms with Crippen molar-refractivity contribution in [3.05, 3.63) is 66.5 Å². The van der Waals surface area contributed by atoms with Crippen LogP contribution in [-0.2, 0) is 11.2 Å². The lowest BCUT2D eigenvalue weighted by Gasteiger charge is -2.11. The number of ether oxygens (including phenoxy) is 1. The fourth-order valence-electron chi connectivity index (χ4n) is 4.47. The highest BCUT2D eigenvalue weighted by atomic mass is 16.5. The number of benzene rings is 2. The molecule has 1 heterocycles. The van der Waals surface area contributed by atoms with Gasteiger partial charge in [-0.15, -0.1) is 0 Å². The molecule has 0 spiro atoms. The fraction of sp³-hybridized carbons (Fsp3) is 0.485. The van der Waals surface area contributed by atoms with Gasteiger partial charge in [-0.1, -0.05) is 103 Å². The number of carbonyl (C=O) groups is 1. The highest BCUT2D eigenvalue weighted by molar-refractivity contribution is 5.75. The minimum atomic E-state index is -0.175. The van der Waals surface area contributed by atoms with Crippen LogP contribution in [-0.4, -0.2) is 15.9 Å². The Morgan fingerprint density at radius 3 is 1.89 bits per heavy atom. The maximum absolute atomic E-state index is 12.2. The van der Waals surface area contributed by atoms with Crippen molar-refractivity contribution in [2.24, 2.45) is 5.92 Å². The van der Waals surface area contributed by atoms with Gasteiger partial charge in [-0.3, -0.25) is 4.79 Å². The maximum atomic E-state index is 12.2. The van der Waals surface area contributed by atoms with E-state index in [1.165, 1.54) is 56.9 Å². The van der Waals surface area contributed by atoms with E-state index in [4.69, 9.17) is 4.74 Å². The molecule has 2 aromatic carbocycles. The normalized spacial score (nSPS) is 11.9. The van der Waals surface area contributed by atoms with Crippen LogP contribution < -0.4 is 4.74 Å². The SMILES string of the molecule is CCCCCCCCCCc1ccc(-c2cnc(-c3ccc(OC(=O)C(C)CCCC)cc3)nc2)cc1. The third-order valence-electron chi connectivity index (χ3n) is 6.98. The van der Waals surface area contributed by atoms with Gasteiger partial charge >= 0.3 is 5.97 Å². The number of nitrogens with zero attached hydrogens (tertiary/aromatic N) is 2. The Bertz CT molecular complexity index is 1040. The van der Waals surface area contributed by atoms with E-state index in [0.717, 1.165) is 42.4 Å². The molecule has 1 aromatic heterocycles. The summed E-state index contributed by atoms with van der Waals surface area (Å²) in [5.74, 6) is 0.949. The quantitative estimate of drug-likeness (QED) is 0.112. The summed E-state index contributed by atoms with van der Waals surface area (Å²) >= 11 is 0. The predicted octanol–water partition coefficient (Wildman–Crippen LogP) is 9.23. The summed E-state index contributed by atoms with van der Waals surface area (Å²) in [5.41, 5.74) is 4.43. The second kappa shape index (κ2) is 16.0. The lowest BCUT2D eigenvalue weighted by Crippen LogP contribution is -2.17. The molecule has 1 unspecified atom stereocenters. The summed E-state index contributed by atoms with van der Waals surface area (Å²) in [5, 5.41) is 0. The number of esters is 1. The first-order valence-corrected chi connectivity index (χ1v) is 14.3. The van der Waals surface area contributed by atoms with Crippen LogP contribution in [0.2, 0.25) is 0 Å². The van der Waals surface area contributed by atoms with Crippen molar-refractivity contribution in [3.63, 3.8) is 0 Å². The van der Waals surface area contributed by atoms with E-state index in [1.54, 1.807) is 0 Å². The molecule has 0 aliphatic rings. The van der Waals surface area contributed by atoms with Gasteiger partial charge in [0.15, 0.2) is 5.82 Å². The number of carbonyl (C=O) groups excluding carboxylic acids is 1. The van der Waals surface area contributed by atoms with Crippen molar-refractivity contribution in [1.82, 2.24) is 9.97 Å². The molecule has 0 amide bonds. The molecule has 4 nitrogen and oxygen atoms in total. The fourth-order valence-corrected chi connectivity index (χ4v) is 4.47. The molecule has 3 rings (SSSR count). The molecule has 4 heteroatoms. The van der Waals surface area contributed by atoms with Gasteiger partial charge in [-0.2, -0.15) is 0 Å². The number of aryl methyl sites for hydroxylation is 1. The van der Waals surface area contributed by atoms with E-state index in [9.17, 15) is 4.79 Å². The summed E-state index contributed by atoms with van der Waals surface area (Å²) < 4.78 is 5.53. The molecule has 3 aromatic rings. The summed E-state index contributed by atoms with van der Waals surface area (Å²) in [4.78, 5) is 21.4. The number of hydrogen-bond donors (Lipinski definition) is 0. The second-order valence-electron chi connectivity index (χ2n) is 10.2. The zero-order valence-electron chi connectivity index (χ0n) is 23.0. The first-order valence-electron chi connectivity index (χ1n) is 14.3. The first-order chi connectivity index (χ1) is 18.1. The third-order valence-corrected chi connectivity index (χ3v) is 6.98. The van der Waals surface area contributed by atoms with E-state index in [0.29, 0.717) is 11.6 Å². The smallest absolute Gasteiger partial charge is 0.314 e. The molecule has 0 N–H and O–H groups in total. The molecule has 0 saturated carbocycles. The molecule has 37 heavy (non-hydrogen) atoms. The number of aromatic nitrogens is 2. The number of hydrogen-bond acceptors (Lipinski definition) is 4. The van der Waals surface area contributed by atoms with Gasteiger partial charge in [0.1, 0.15) is 5.75 Å². The van der Waals surface area contributed by atoms with Gasteiger partial charge < -0.3 is 4.74 Å². The van der Waals surface area contributed by atoms with Gasteiger partial charge in [-0.05, 0) is 54.7 Å². The highest BCUT2D eigenvalue weighted by Crippen LogP contribution is 2.24. The van der Waals surface area contributed by atoms with Gasteiger partial charge in [0, 0.05) is 23.5 Å². The predicted molar refractivity (Wildman–Crippen MR) is 154 cm³/mol. The summed E-state index contributed by atoms with van der Waals surface area (Å²) in [6, 6.07) is 16.2. The Morgan fingerprint density at radius 2 is 1.27 bits per heavy atom. The summed E-state index contributed by atoms with van der Waals surface area (Å²) in [6.07, 6.45) is 18.7. The molecule has 0 aliphatic carbocycles. The van der Waals surface area contributed by atoms with Crippen LogP contribution in [0.15, 0.2) is 60.9 Å². The zero-order chi connectivity index (χ0) is 26.3. The second-order valence-corrected chi connectivity index (χ2v) is 10.2. The van der Waals surface area contributed by atoms with Crippen LogP contribution in [0.5, 0.6) is 5.75 Å². The summed E-state index contributed by atoms with van der Waals surface area (Å²) in [7, 11) is 0. The highest BCUT2D eigenvalue weighted by Gasteiger charge is 2.15. The van der Waals surface area contributed by atoms with Gasteiger partial charge in [-0.25, -0.2) is 9.97 Å². The van der Waals surface area contributed by atoms with Crippen molar-refractivity contribution in [2.45, 2.75) is 97.8 Å². The Labute approximate surface area is 223 Å². The lowest BCUT2D eigenvalue weighted by atomic mass is 10.0. The minimum Gasteiger partial charge on any atom is -0.426 e. The van der Waals surface area contributed by atoms with Crippen LogP contribution in [0.3, 0.4) is 0 Å². The molecule has 198 valence electrons. The molecular weight excluding hydrogens is 456 g/mol. The van der Waals surface area contributed by atoms with Crippen molar-refractivity contribution in [3.8, 4) is 28.3 Å². The van der Waals surface area contributed by atoms with Gasteiger partial charge in [0.05, 0.1) is 5.92 Å². The lowest BCUT2D eigenvalue weighted by molar-refractivity contribution is -0.138. The van der Waals surface area contributed by atoms with Gasteiger partial charge in [0.25, 0.3) is 0 Å². The molecular formula is C33H44N2O2. The zero-order valence-corrected chi connectivity index (χ0v) is 23.0. The van der Waals surface area contributed by atoms with Crippen LogP contribution in [0, 0.1) is 5.92 Å². The van der Waals surface area contributed by atoms with Crippen LogP contribution in [0.4, 0.5) is 0 Å². The third kappa shape index (κ3) is 9.76. The van der Waals surface area contributed by atoms with Crippen LogP contribution in [0.1, 0.15) is 97.0 Å². The van der Waals surface area contributed by atoms with Crippen molar-refractivity contribution in [1.29, 1.82) is 0 Å². The van der Waals surface area contributed by atoms with E-state index >= 15 is 0 Å². The number of rotatable bonds is 16. The Kier molecular flexibility index (Phi) is 12.3. The maximum Gasteiger partial charge on any atom is 0.314 e. The average Bonchev–Trinajstić information content (AvgIpc) is 2.94. The van der Waals surface area contributed by atoms with Crippen molar-refractivity contribution >= 4 is 5.97 Å². The van der Waals surface area contributed by atoms with Crippen LogP contribution >= 0.6 is 0 Å². The Hall–Kier alpha value is -3.01. The Balaban J connectivity index is 1.47. The molecule has 0 radical (unpaired) electrons. The van der Waals surface area contributed by atoms with Crippen molar-refractivity contribution in [2.75, 3.05) is 0 Å². The molecule has 1 atom stereocenters. The molecule has 0 bridgehead atoms. The Morgan fingerprint density at radius 1 is 0.703 bits per heavy atom. The minimum absolute atomic E-state index is 0.0883. The van der Waals surface area contributed by atoms with E-state index in [1.807, 2.05) is 43.6 Å². The largest absolute Gasteiger partial charge is 0.426 e.